The summed E-state index contributed by atoms with van der Waals surface area (Å²) in [7, 11) is 0. The van der Waals surface area contributed by atoms with E-state index >= 15 is 0 Å². The van der Waals surface area contributed by atoms with E-state index in [-0.39, 0.29) is 18.9 Å². The van der Waals surface area contributed by atoms with Crippen molar-refractivity contribution in [3.63, 3.8) is 0 Å². The van der Waals surface area contributed by atoms with Crippen LogP contribution in [0.3, 0.4) is 0 Å². The van der Waals surface area contributed by atoms with Crippen molar-refractivity contribution in [3.05, 3.63) is 0 Å². The maximum Gasteiger partial charge on any atom is 0.305 e. The molecule has 0 rings (SSSR count). The van der Waals surface area contributed by atoms with Crippen LogP contribution in [0, 0.1) is 0 Å². The van der Waals surface area contributed by atoms with Gasteiger partial charge in [0.15, 0.2) is 0 Å². The Balaban J connectivity index is 3.05. The van der Waals surface area contributed by atoms with Gasteiger partial charge in [-0.1, -0.05) is 6.92 Å². The number of nitrogens with one attached hydrogen (secondary N) is 1. The maximum atomic E-state index is 11.2. The van der Waals surface area contributed by atoms with Gasteiger partial charge in [-0.25, -0.2) is 0 Å². The van der Waals surface area contributed by atoms with Crippen LogP contribution in [0.2, 0.25) is 0 Å². The van der Waals surface area contributed by atoms with Crippen molar-refractivity contribution < 1.29 is 33.6 Å². The number of hydrogen-bond acceptors (Lipinski definition) is 6. The van der Waals surface area contributed by atoms with Gasteiger partial charge in [0.2, 0.25) is 5.91 Å². The molecule has 0 aliphatic carbocycles. The van der Waals surface area contributed by atoms with Crippen molar-refractivity contribution in [1.29, 1.82) is 0 Å². The lowest BCUT2D eigenvalue weighted by molar-refractivity contribution is -0.138. The summed E-state index contributed by atoms with van der Waals surface area (Å²) in [5, 5.41) is 11.2. The summed E-state index contributed by atoms with van der Waals surface area (Å²) in [5.41, 5.74) is 0. The van der Waals surface area contributed by atoms with Gasteiger partial charge in [-0.05, 0) is 6.42 Å². The minimum atomic E-state index is -0.870. The van der Waals surface area contributed by atoms with Gasteiger partial charge < -0.3 is 29.4 Å². The molecule has 0 spiro atoms. The van der Waals surface area contributed by atoms with E-state index in [9.17, 15) is 9.59 Å². The molecular formula is C15H29NO7. The summed E-state index contributed by atoms with van der Waals surface area (Å²) >= 11 is 0. The average molecular weight is 335 g/mol. The SMILES string of the molecule is CCCC(=O)NCCOCCOCCOCCOCCC(=O)O. The lowest BCUT2D eigenvalue weighted by Gasteiger charge is -2.08. The van der Waals surface area contributed by atoms with E-state index in [0.717, 1.165) is 6.42 Å². The van der Waals surface area contributed by atoms with Crippen LogP contribution in [0.4, 0.5) is 0 Å². The van der Waals surface area contributed by atoms with Crippen LogP contribution in [-0.4, -0.2) is 76.4 Å². The number of carboxylic acid groups (broad SMARTS) is 1. The highest BCUT2D eigenvalue weighted by molar-refractivity contribution is 5.75. The van der Waals surface area contributed by atoms with Gasteiger partial charge in [0.25, 0.3) is 0 Å². The third-order valence-electron chi connectivity index (χ3n) is 2.62. The molecule has 0 aromatic heterocycles. The number of rotatable bonds is 17. The fourth-order valence-corrected chi connectivity index (χ4v) is 1.50. The van der Waals surface area contributed by atoms with Crippen LogP contribution in [0.25, 0.3) is 0 Å². The fraction of sp³-hybridized carbons (Fsp3) is 0.867. The summed E-state index contributed by atoms with van der Waals surface area (Å²) in [5.74, 6) is -0.818. The van der Waals surface area contributed by atoms with Gasteiger partial charge >= 0.3 is 5.97 Å². The van der Waals surface area contributed by atoms with Crippen molar-refractivity contribution >= 4 is 11.9 Å². The van der Waals surface area contributed by atoms with Gasteiger partial charge in [-0.2, -0.15) is 0 Å². The van der Waals surface area contributed by atoms with Crippen LogP contribution in [0.5, 0.6) is 0 Å². The Bertz CT molecular complexity index is 300. The average Bonchev–Trinajstić information content (AvgIpc) is 2.51. The number of ether oxygens (including phenoxy) is 4. The Hall–Kier alpha value is -1.22. The smallest absolute Gasteiger partial charge is 0.305 e. The third-order valence-corrected chi connectivity index (χ3v) is 2.62. The second-order valence-electron chi connectivity index (χ2n) is 4.69. The highest BCUT2D eigenvalue weighted by Gasteiger charge is 1.98. The van der Waals surface area contributed by atoms with Crippen LogP contribution in [0.15, 0.2) is 0 Å². The van der Waals surface area contributed by atoms with Crippen LogP contribution < -0.4 is 5.32 Å². The van der Waals surface area contributed by atoms with Crippen LogP contribution in [0.1, 0.15) is 26.2 Å². The predicted octanol–water partition coefficient (Wildman–Crippen LogP) is 0.444. The van der Waals surface area contributed by atoms with Crippen molar-refractivity contribution in [2.75, 3.05) is 59.4 Å². The lowest BCUT2D eigenvalue weighted by Crippen LogP contribution is -2.27. The van der Waals surface area contributed by atoms with Gasteiger partial charge in [0, 0.05) is 13.0 Å². The van der Waals surface area contributed by atoms with Gasteiger partial charge in [0.1, 0.15) is 0 Å². The highest BCUT2D eigenvalue weighted by Crippen LogP contribution is 1.86. The predicted molar refractivity (Wildman–Crippen MR) is 83.4 cm³/mol. The molecule has 8 heteroatoms. The van der Waals surface area contributed by atoms with Crippen LogP contribution in [-0.2, 0) is 28.5 Å². The second kappa shape index (κ2) is 17.1. The Morgan fingerprint density at radius 3 is 1.74 bits per heavy atom. The molecule has 0 aromatic carbocycles. The Morgan fingerprint density at radius 1 is 0.783 bits per heavy atom. The van der Waals surface area contributed by atoms with Crippen LogP contribution >= 0.6 is 0 Å². The highest BCUT2D eigenvalue weighted by atomic mass is 16.6. The number of carboxylic acids is 1. The molecule has 136 valence electrons. The molecule has 0 saturated heterocycles. The first-order valence-electron chi connectivity index (χ1n) is 7.96. The van der Waals surface area contributed by atoms with Crippen molar-refractivity contribution in [1.82, 2.24) is 5.32 Å². The Labute approximate surface area is 137 Å². The first-order chi connectivity index (χ1) is 11.2. The minimum absolute atomic E-state index is 0.00535. The molecular weight excluding hydrogens is 306 g/mol. The molecule has 0 fully saturated rings. The van der Waals surface area contributed by atoms with E-state index in [4.69, 9.17) is 24.1 Å². The number of carbonyl (C=O) groups is 2. The Morgan fingerprint density at radius 2 is 1.26 bits per heavy atom. The fourth-order valence-electron chi connectivity index (χ4n) is 1.50. The first-order valence-corrected chi connectivity index (χ1v) is 7.96. The number of aliphatic carboxylic acids is 1. The molecule has 0 saturated carbocycles. The number of amides is 1. The zero-order valence-electron chi connectivity index (χ0n) is 13.9. The lowest BCUT2D eigenvalue weighted by atomic mass is 10.3. The molecule has 0 radical (unpaired) electrons. The quantitative estimate of drug-likeness (QED) is 0.372. The van der Waals surface area contributed by atoms with Crippen molar-refractivity contribution in [3.8, 4) is 0 Å². The van der Waals surface area contributed by atoms with Gasteiger partial charge in [-0.3, -0.25) is 9.59 Å². The molecule has 0 aliphatic heterocycles. The molecule has 2 N–H and O–H groups in total. The van der Waals surface area contributed by atoms with Gasteiger partial charge in [0.05, 0.1) is 59.3 Å². The summed E-state index contributed by atoms with van der Waals surface area (Å²) < 4.78 is 20.9. The zero-order chi connectivity index (χ0) is 17.2. The standard InChI is InChI=1S/C15H29NO7/c1-2-3-14(17)16-5-7-21-9-11-23-13-12-22-10-8-20-6-4-15(18)19/h2-13H2,1H3,(H,16,17)(H,18,19). The summed E-state index contributed by atoms with van der Waals surface area (Å²) in [6, 6.07) is 0. The molecule has 0 unspecified atom stereocenters. The van der Waals surface area contributed by atoms with E-state index in [1.165, 1.54) is 0 Å². The molecule has 0 aliphatic rings. The molecule has 8 nitrogen and oxygen atoms in total. The van der Waals surface area contributed by atoms with E-state index in [1.807, 2.05) is 6.92 Å². The maximum absolute atomic E-state index is 11.2. The van der Waals surface area contributed by atoms with Crippen molar-refractivity contribution in [2.24, 2.45) is 0 Å². The molecule has 0 heterocycles. The number of carbonyl (C=O) groups excluding carboxylic acids is 1. The topological polar surface area (TPSA) is 103 Å². The third kappa shape index (κ3) is 18.7. The summed E-state index contributed by atoms with van der Waals surface area (Å²) in [6.07, 6.45) is 1.40. The normalized spacial score (nSPS) is 10.7. The van der Waals surface area contributed by atoms with E-state index in [0.29, 0.717) is 59.2 Å². The molecule has 0 atom stereocenters. The summed E-state index contributed by atoms with van der Waals surface area (Å²) in [6.45, 7) is 5.81. The Kier molecular flexibility index (Phi) is 16.2. The van der Waals surface area contributed by atoms with E-state index in [1.54, 1.807) is 0 Å². The van der Waals surface area contributed by atoms with Crippen molar-refractivity contribution in [2.45, 2.75) is 26.2 Å². The monoisotopic (exact) mass is 335 g/mol. The molecule has 1 amide bonds. The van der Waals surface area contributed by atoms with E-state index in [2.05, 4.69) is 5.32 Å². The zero-order valence-corrected chi connectivity index (χ0v) is 13.9. The summed E-state index contributed by atoms with van der Waals surface area (Å²) in [4.78, 5) is 21.4. The number of hydrogen-bond donors (Lipinski definition) is 2. The minimum Gasteiger partial charge on any atom is -0.481 e. The van der Waals surface area contributed by atoms with E-state index < -0.39 is 5.97 Å². The first kappa shape index (κ1) is 21.8. The molecule has 0 aromatic rings. The second-order valence-corrected chi connectivity index (χ2v) is 4.69. The largest absolute Gasteiger partial charge is 0.481 e. The molecule has 0 bridgehead atoms. The van der Waals surface area contributed by atoms with Gasteiger partial charge in [-0.15, -0.1) is 0 Å². The molecule has 23 heavy (non-hydrogen) atoms.